The SMILES string of the molecule is C[C@@H](CO)CCC[C@@H](C)[C@H]1CC[C@H]2[C@@H]3CC[C@H]4C[C@@H](O)CC[C@]4(C)[C@H]3CC[C@]12C. The third-order valence-corrected chi connectivity index (χ3v) is 11.1. The van der Waals surface area contributed by atoms with E-state index in [9.17, 15) is 10.2 Å². The number of aliphatic hydroxyl groups excluding tert-OH is 2. The second kappa shape index (κ2) is 8.45. The van der Waals surface area contributed by atoms with Crippen LogP contribution in [0.2, 0.25) is 0 Å². The van der Waals surface area contributed by atoms with E-state index in [0.717, 1.165) is 48.3 Å². The lowest BCUT2D eigenvalue weighted by Crippen LogP contribution is -2.54. The van der Waals surface area contributed by atoms with Crippen molar-refractivity contribution in [1.82, 2.24) is 0 Å². The third-order valence-electron chi connectivity index (χ3n) is 11.1. The summed E-state index contributed by atoms with van der Waals surface area (Å²) in [4.78, 5) is 0. The van der Waals surface area contributed by atoms with E-state index >= 15 is 0 Å². The first kappa shape index (κ1) is 22.1. The molecule has 4 saturated carbocycles. The third kappa shape index (κ3) is 3.84. The Morgan fingerprint density at radius 2 is 1.59 bits per heavy atom. The Morgan fingerprint density at radius 1 is 0.862 bits per heavy atom. The summed E-state index contributed by atoms with van der Waals surface area (Å²) in [6.45, 7) is 10.4. The van der Waals surface area contributed by atoms with E-state index in [1.54, 1.807) is 0 Å². The van der Waals surface area contributed by atoms with Crippen LogP contribution in [0.4, 0.5) is 0 Å². The van der Waals surface area contributed by atoms with Gasteiger partial charge in [0.15, 0.2) is 0 Å². The molecule has 0 spiro atoms. The van der Waals surface area contributed by atoms with Crippen molar-refractivity contribution >= 4 is 0 Å². The summed E-state index contributed by atoms with van der Waals surface area (Å²) in [7, 11) is 0. The minimum Gasteiger partial charge on any atom is -0.396 e. The molecule has 10 atom stereocenters. The molecule has 0 radical (unpaired) electrons. The molecule has 4 fully saturated rings. The molecule has 0 unspecified atom stereocenters. The highest BCUT2D eigenvalue weighted by molar-refractivity contribution is 5.09. The topological polar surface area (TPSA) is 40.5 Å². The average molecular weight is 405 g/mol. The van der Waals surface area contributed by atoms with E-state index in [1.807, 2.05) is 0 Å². The van der Waals surface area contributed by atoms with E-state index in [1.165, 1.54) is 64.2 Å². The Morgan fingerprint density at radius 3 is 2.34 bits per heavy atom. The van der Waals surface area contributed by atoms with Gasteiger partial charge in [0, 0.05) is 6.61 Å². The van der Waals surface area contributed by atoms with E-state index in [-0.39, 0.29) is 6.10 Å². The molecule has 0 amide bonds. The van der Waals surface area contributed by atoms with Crippen LogP contribution < -0.4 is 0 Å². The quantitative estimate of drug-likeness (QED) is 0.534. The summed E-state index contributed by atoms with van der Waals surface area (Å²) in [5.74, 6) is 5.83. The molecule has 2 N–H and O–H groups in total. The molecule has 4 aliphatic rings. The summed E-state index contributed by atoms with van der Waals surface area (Å²) >= 11 is 0. The first-order valence-electron chi connectivity index (χ1n) is 13.1. The summed E-state index contributed by atoms with van der Waals surface area (Å²) in [5, 5.41) is 19.6. The highest BCUT2D eigenvalue weighted by Crippen LogP contribution is 2.68. The Kier molecular flexibility index (Phi) is 6.45. The molecule has 4 aliphatic carbocycles. The van der Waals surface area contributed by atoms with Gasteiger partial charge in [0.2, 0.25) is 0 Å². The fourth-order valence-corrected chi connectivity index (χ4v) is 9.29. The Bertz CT molecular complexity index is 561. The molecule has 0 aromatic rings. The van der Waals surface area contributed by atoms with Crippen LogP contribution >= 0.6 is 0 Å². The Balaban J connectivity index is 1.43. The molecule has 0 saturated heterocycles. The minimum atomic E-state index is -0.0243. The van der Waals surface area contributed by atoms with Gasteiger partial charge in [-0.25, -0.2) is 0 Å². The predicted octanol–water partition coefficient (Wildman–Crippen LogP) is 6.44. The monoisotopic (exact) mass is 404 g/mol. The van der Waals surface area contributed by atoms with Gasteiger partial charge in [0.05, 0.1) is 6.10 Å². The van der Waals surface area contributed by atoms with Crippen molar-refractivity contribution in [1.29, 1.82) is 0 Å². The number of hydrogen-bond acceptors (Lipinski definition) is 2. The highest BCUT2D eigenvalue weighted by Gasteiger charge is 2.60. The van der Waals surface area contributed by atoms with Crippen LogP contribution in [-0.4, -0.2) is 22.9 Å². The predicted molar refractivity (Wildman–Crippen MR) is 120 cm³/mol. The van der Waals surface area contributed by atoms with Crippen LogP contribution in [0.1, 0.15) is 105 Å². The van der Waals surface area contributed by atoms with Crippen LogP contribution in [0.5, 0.6) is 0 Å². The van der Waals surface area contributed by atoms with Gasteiger partial charge in [-0.2, -0.15) is 0 Å². The van der Waals surface area contributed by atoms with Gasteiger partial charge in [0.25, 0.3) is 0 Å². The summed E-state index contributed by atoms with van der Waals surface area (Å²) in [6.07, 6.45) is 15.8. The molecule has 2 heteroatoms. The van der Waals surface area contributed by atoms with Crippen molar-refractivity contribution in [3.63, 3.8) is 0 Å². The molecule has 0 heterocycles. The first-order chi connectivity index (χ1) is 13.8. The maximum Gasteiger partial charge on any atom is 0.0543 e. The largest absolute Gasteiger partial charge is 0.396 e. The van der Waals surface area contributed by atoms with Gasteiger partial charge in [0.1, 0.15) is 0 Å². The second-order valence-electron chi connectivity index (χ2n) is 12.5. The van der Waals surface area contributed by atoms with Gasteiger partial charge in [-0.05, 0) is 116 Å². The summed E-state index contributed by atoms with van der Waals surface area (Å²) in [5.41, 5.74) is 1.08. The normalized spacial score (nSPS) is 49.0. The zero-order valence-corrected chi connectivity index (χ0v) is 19.7. The van der Waals surface area contributed by atoms with Crippen molar-refractivity contribution in [3.05, 3.63) is 0 Å². The van der Waals surface area contributed by atoms with Crippen molar-refractivity contribution in [2.75, 3.05) is 6.61 Å². The van der Waals surface area contributed by atoms with Gasteiger partial charge >= 0.3 is 0 Å². The maximum absolute atomic E-state index is 10.3. The number of hydrogen-bond donors (Lipinski definition) is 2. The number of fused-ring (bicyclic) bond motifs is 5. The molecule has 0 aromatic carbocycles. The zero-order valence-electron chi connectivity index (χ0n) is 19.7. The van der Waals surface area contributed by atoms with Crippen LogP contribution in [0.15, 0.2) is 0 Å². The molecule has 29 heavy (non-hydrogen) atoms. The second-order valence-corrected chi connectivity index (χ2v) is 12.5. The smallest absolute Gasteiger partial charge is 0.0543 e. The maximum atomic E-state index is 10.3. The lowest BCUT2D eigenvalue weighted by molar-refractivity contribution is -0.129. The van der Waals surface area contributed by atoms with Crippen LogP contribution in [0.3, 0.4) is 0 Å². The summed E-state index contributed by atoms with van der Waals surface area (Å²) in [6, 6.07) is 0. The van der Waals surface area contributed by atoms with Crippen molar-refractivity contribution in [3.8, 4) is 0 Å². The first-order valence-corrected chi connectivity index (χ1v) is 13.1. The highest BCUT2D eigenvalue weighted by atomic mass is 16.3. The molecule has 0 bridgehead atoms. The Labute approximate surface area is 180 Å². The molecule has 0 aromatic heterocycles. The summed E-state index contributed by atoms with van der Waals surface area (Å²) < 4.78 is 0. The van der Waals surface area contributed by atoms with Gasteiger partial charge < -0.3 is 10.2 Å². The van der Waals surface area contributed by atoms with E-state index in [4.69, 9.17) is 0 Å². The van der Waals surface area contributed by atoms with Gasteiger partial charge in [-0.15, -0.1) is 0 Å². The molecule has 0 aliphatic heterocycles. The van der Waals surface area contributed by atoms with E-state index < -0.39 is 0 Å². The molecule has 4 rings (SSSR count). The molecule has 2 nitrogen and oxygen atoms in total. The molecule has 168 valence electrons. The number of rotatable bonds is 6. The van der Waals surface area contributed by atoms with Crippen LogP contribution in [0.25, 0.3) is 0 Å². The van der Waals surface area contributed by atoms with Gasteiger partial charge in [-0.3, -0.25) is 0 Å². The lowest BCUT2D eigenvalue weighted by Gasteiger charge is -2.61. The fourth-order valence-electron chi connectivity index (χ4n) is 9.29. The van der Waals surface area contributed by atoms with Crippen LogP contribution in [-0.2, 0) is 0 Å². The van der Waals surface area contributed by atoms with Crippen molar-refractivity contribution in [2.24, 2.45) is 52.3 Å². The van der Waals surface area contributed by atoms with Crippen molar-refractivity contribution < 1.29 is 10.2 Å². The van der Waals surface area contributed by atoms with E-state index in [2.05, 4.69) is 27.7 Å². The zero-order chi connectivity index (χ0) is 20.8. The average Bonchev–Trinajstić information content (AvgIpc) is 3.05. The number of aliphatic hydroxyl groups is 2. The minimum absolute atomic E-state index is 0.0243. The van der Waals surface area contributed by atoms with Crippen LogP contribution in [0, 0.1) is 52.3 Å². The Hall–Kier alpha value is -0.0800. The molecular weight excluding hydrogens is 356 g/mol. The standard InChI is InChI=1S/C27H48O2/c1-18(17-28)6-5-7-19(2)23-10-11-24-22-9-8-20-16-21(29)12-14-26(20,3)25(22)13-15-27(23,24)4/h18-25,28-29H,5-17H2,1-4H3/t18-,19-,20+,21+,22+,23-,24+,25+,26+,27-/m1/s1. The fraction of sp³-hybridized carbons (Fsp3) is 1.00. The van der Waals surface area contributed by atoms with E-state index in [0.29, 0.717) is 23.4 Å². The van der Waals surface area contributed by atoms with Crippen molar-refractivity contribution in [2.45, 2.75) is 111 Å². The molecular formula is C27H48O2. The van der Waals surface area contributed by atoms with Gasteiger partial charge in [-0.1, -0.05) is 40.5 Å². The lowest BCUT2D eigenvalue weighted by atomic mass is 9.44.